The summed E-state index contributed by atoms with van der Waals surface area (Å²) in [7, 11) is 0. The molecule has 0 fully saturated rings. The normalized spacial score (nSPS) is 10.8. The van der Waals surface area contributed by atoms with Crippen molar-refractivity contribution >= 4 is 46.7 Å². The van der Waals surface area contributed by atoms with Crippen LogP contribution in [-0.2, 0) is 6.42 Å². The number of hydrogen-bond acceptors (Lipinski definition) is 7. The van der Waals surface area contributed by atoms with E-state index in [0.29, 0.717) is 40.5 Å². The fourth-order valence-electron chi connectivity index (χ4n) is 2.53. The average molecular weight is 427 g/mol. The van der Waals surface area contributed by atoms with Gasteiger partial charge in [-0.2, -0.15) is 15.0 Å². The highest BCUT2D eigenvalue weighted by atomic mass is 35.5. The minimum atomic E-state index is -0.0793. The highest BCUT2D eigenvalue weighted by Gasteiger charge is 2.16. The predicted octanol–water partition coefficient (Wildman–Crippen LogP) is 5.61. The van der Waals surface area contributed by atoms with Crippen molar-refractivity contribution in [3.05, 3.63) is 21.7 Å². The van der Waals surface area contributed by atoms with Crippen molar-refractivity contribution in [2.45, 2.75) is 52.9 Å². The number of halogens is 2. The Labute approximate surface area is 176 Å². The molecule has 1 aromatic carbocycles. The van der Waals surface area contributed by atoms with Gasteiger partial charge >= 0.3 is 0 Å². The van der Waals surface area contributed by atoms with Gasteiger partial charge in [-0.3, -0.25) is 0 Å². The first kappa shape index (κ1) is 22.3. The molecular formula is C19H28Cl2N6O. The van der Waals surface area contributed by atoms with Gasteiger partial charge in [0.05, 0.1) is 10.7 Å². The summed E-state index contributed by atoms with van der Waals surface area (Å²) >= 11 is 12.5. The van der Waals surface area contributed by atoms with E-state index in [0.717, 1.165) is 38.8 Å². The van der Waals surface area contributed by atoms with Crippen LogP contribution in [0.1, 0.15) is 52.0 Å². The molecule has 0 aliphatic rings. The van der Waals surface area contributed by atoms with Crippen molar-refractivity contribution in [2.75, 3.05) is 29.0 Å². The number of anilines is 4. The first-order valence-corrected chi connectivity index (χ1v) is 10.5. The zero-order valence-electron chi connectivity index (χ0n) is 16.6. The Morgan fingerprint density at radius 1 is 0.893 bits per heavy atom. The fraction of sp³-hybridized carbons (Fsp3) is 0.526. The highest BCUT2D eigenvalue weighted by Crippen LogP contribution is 2.40. The first-order valence-electron chi connectivity index (χ1n) is 9.70. The number of benzene rings is 1. The molecule has 0 amide bonds. The van der Waals surface area contributed by atoms with Crippen molar-refractivity contribution in [3.63, 3.8) is 0 Å². The molecule has 1 heterocycles. The van der Waals surface area contributed by atoms with E-state index >= 15 is 0 Å². The average Bonchev–Trinajstić information content (AvgIpc) is 2.67. The molecule has 1 aromatic heterocycles. The van der Waals surface area contributed by atoms with E-state index in [1.165, 1.54) is 0 Å². The molecule has 0 aliphatic carbocycles. The largest absolute Gasteiger partial charge is 0.504 e. The summed E-state index contributed by atoms with van der Waals surface area (Å²) in [5, 5.41) is 20.5. The van der Waals surface area contributed by atoms with Gasteiger partial charge in [0.1, 0.15) is 0 Å². The van der Waals surface area contributed by atoms with Gasteiger partial charge in [-0.25, -0.2) is 0 Å². The molecule has 28 heavy (non-hydrogen) atoms. The Bertz CT molecular complexity index is 759. The van der Waals surface area contributed by atoms with E-state index < -0.39 is 0 Å². The van der Waals surface area contributed by atoms with E-state index in [9.17, 15) is 5.11 Å². The van der Waals surface area contributed by atoms with E-state index in [1.54, 1.807) is 6.07 Å². The first-order chi connectivity index (χ1) is 13.5. The fourth-order valence-corrected chi connectivity index (χ4v) is 3.25. The van der Waals surface area contributed by atoms with Crippen LogP contribution in [0.3, 0.4) is 0 Å². The van der Waals surface area contributed by atoms with Gasteiger partial charge in [0.2, 0.25) is 17.8 Å². The molecule has 4 N–H and O–H groups in total. The van der Waals surface area contributed by atoms with Gasteiger partial charge in [-0.15, -0.1) is 0 Å². The Kier molecular flexibility index (Phi) is 8.86. The molecule has 7 nitrogen and oxygen atoms in total. The number of nitrogens with one attached hydrogen (secondary N) is 3. The SMILES string of the molecule is CCCCNc1nc(NCCCC)nc(Nc2cc(Cl)c(CC)c(Cl)c2O)n1. The highest BCUT2D eigenvalue weighted by molar-refractivity contribution is 6.37. The lowest BCUT2D eigenvalue weighted by molar-refractivity contribution is 0.477. The van der Waals surface area contributed by atoms with Gasteiger partial charge < -0.3 is 21.1 Å². The summed E-state index contributed by atoms with van der Waals surface area (Å²) in [6, 6.07) is 1.62. The van der Waals surface area contributed by atoms with Crippen LogP contribution in [0.15, 0.2) is 6.07 Å². The van der Waals surface area contributed by atoms with E-state index in [2.05, 4.69) is 44.7 Å². The third-order valence-corrected chi connectivity index (χ3v) is 4.89. The number of phenolic OH excluding ortho intramolecular Hbond substituents is 1. The van der Waals surface area contributed by atoms with Crippen LogP contribution in [-0.4, -0.2) is 33.1 Å². The van der Waals surface area contributed by atoms with Crippen LogP contribution < -0.4 is 16.0 Å². The third-order valence-electron chi connectivity index (χ3n) is 4.15. The Balaban J connectivity index is 2.30. The van der Waals surface area contributed by atoms with Gasteiger partial charge in [0.15, 0.2) is 5.75 Å². The molecule has 154 valence electrons. The van der Waals surface area contributed by atoms with Crippen LogP contribution >= 0.6 is 23.2 Å². The number of nitrogens with zero attached hydrogens (tertiary/aromatic N) is 3. The van der Waals surface area contributed by atoms with Crippen LogP contribution in [0.2, 0.25) is 10.0 Å². The number of aromatic nitrogens is 3. The smallest absolute Gasteiger partial charge is 0.233 e. The van der Waals surface area contributed by atoms with Gasteiger partial charge in [-0.05, 0) is 30.9 Å². The van der Waals surface area contributed by atoms with E-state index in [-0.39, 0.29) is 10.8 Å². The van der Waals surface area contributed by atoms with Crippen molar-refractivity contribution in [2.24, 2.45) is 0 Å². The molecule has 2 rings (SSSR count). The summed E-state index contributed by atoms with van der Waals surface area (Å²) in [5.74, 6) is 1.14. The summed E-state index contributed by atoms with van der Waals surface area (Å²) in [6.07, 6.45) is 4.78. The van der Waals surface area contributed by atoms with E-state index in [1.807, 2.05) is 6.92 Å². The molecule has 0 spiro atoms. The lowest BCUT2D eigenvalue weighted by Gasteiger charge is -2.14. The van der Waals surface area contributed by atoms with Crippen molar-refractivity contribution in [1.29, 1.82) is 0 Å². The van der Waals surface area contributed by atoms with Crippen LogP contribution in [0, 0.1) is 0 Å². The minimum Gasteiger partial charge on any atom is -0.504 e. The molecule has 0 saturated carbocycles. The van der Waals surface area contributed by atoms with Crippen molar-refractivity contribution in [1.82, 2.24) is 15.0 Å². The minimum absolute atomic E-state index is 0.0793. The molecule has 0 aliphatic heterocycles. The number of aromatic hydroxyl groups is 1. The standard InChI is InChI=1S/C19H28Cl2N6O/c1-4-7-9-22-17-25-18(23-10-8-5-2)27-19(26-17)24-14-11-13(20)12(6-3)15(21)16(14)28/h11,28H,4-10H2,1-3H3,(H3,22,23,24,25,26,27). The van der Waals surface area contributed by atoms with Gasteiger partial charge in [0, 0.05) is 18.1 Å². The van der Waals surface area contributed by atoms with Crippen LogP contribution in [0.4, 0.5) is 23.5 Å². The molecule has 2 aromatic rings. The Hall–Kier alpha value is -1.99. The summed E-state index contributed by atoms with van der Waals surface area (Å²) in [5.41, 5.74) is 1.04. The van der Waals surface area contributed by atoms with Gasteiger partial charge in [-0.1, -0.05) is 56.8 Å². The zero-order valence-corrected chi connectivity index (χ0v) is 18.1. The monoisotopic (exact) mass is 426 g/mol. The molecule has 0 bridgehead atoms. The molecular weight excluding hydrogens is 399 g/mol. The maximum atomic E-state index is 10.4. The maximum absolute atomic E-state index is 10.4. The molecule has 0 saturated heterocycles. The summed E-state index contributed by atoms with van der Waals surface area (Å²) in [4.78, 5) is 13.2. The zero-order chi connectivity index (χ0) is 20.5. The summed E-state index contributed by atoms with van der Waals surface area (Å²) < 4.78 is 0. The van der Waals surface area contributed by atoms with Gasteiger partial charge in [0.25, 0.3) is 0 Å². The maximum Gasteiger partial charge on any atom is 0.233 e. The number of rotatable bonds is 11. The summed E-state index contributed by atoms with van der Waals surface area (Å²) in [6.45, 7) is 7.70. The third kappa shape index (κ3) is 6.01. The van der Waals surface area contributed by atoms with Crippen molar-refractivity contribution < 1.29 is 5.11 Å². The van der Waals surface area contributed by atoms with Crippen molar-refractivity contribution in [3.8, 4) is 5.75 Å². The molecule has 0 radical (unpaired) electrons. The molecule has 9 heteroatoms. The predicted molar refractivity (Wildman–Crippen MR) is 117 cm³/mol. The number of hydrogen-bond donors (Lipinski definition) is 4. The Morgan fingerprint density at radius 3 is 1.93 bits per heavy atom. The lowest BCUT2D eigenvalue weighted by atomic mass is 10.1. The molecule has 0 atom stereocenters. The Morgan fingerprint density at radius 2 is 1.43 bits per heavy atom. The molecule has 0 unspecified atom stereocenters. The number of phenols is 1. The topological polar surface area (TPSA) is 95.0 Å². The number of unbranched alkanes of at least 4 members (excludes halogenated alkanes) is 2. The van der Waals surface area contributed by atoms with Crippen LogP contribution in [0.25, 0.3) is 0 Å². The van der Waals surface area contributed by atoms with E-state index in [4.69, 9.17) is 23.2 Å². The second-order valence-corrected chi connectivity index (χ2v) is 7.18. The van der Waals surface area contributed by atoms with Crippen LogP contribution in [0.5, 0.6) is 5.75 Å². The lowest BCUT2D eigenvalue weighted by Crippen LogP contribution is -2.12. The second kappa shape index (κ2) is 11.1. The second-order valence-electron chi connectivity index (χ2n) is 6.39. The quantitative estimate of drug-likeness (QED) is 0.273.